The molecule has 0 radical (unpaired) electrons. The molecule has 198 valence electrons. The number of alkyl halides is 3. The normalized spacial score (nSPS) is 14.4. The van der Waals surface area contributed by atoms with Gasteiger partial charge < -0.3 is 15.1 Å². The van der Waals surface area contributed by atoms with Crippen LogP contribution in [-0.4, -0.2) is 54.8 Å². The Hall–Kier alpha value is -3.35. The van der Waals surface area contributed by atoms with Crippen LogP contribution in [0.4, 0.5) is 24.7 Å². The van der Waals surface area contributed by atoms with E-state index in [0.717, 1.165) is 44.3 Å². The molecule has 0 unspecified atom stereocenters. The van der Waals surface area contributed by atoms with Crippen molar-refractivity contribution in [1.82, 2.24) is 4.98 Å². The molecular weight excluding hydrogens is 503 g/mol. The monoisotopic (exact) mass is 531 g/mol. The number of hydrogen-bond donors (Lipinski definition) is 3. The van der Waals surface area contributed by atoms with E-state index in [4.69, 9.17) is 9.90 Å². The summed E-state index contributed by atoms with van der Waals surface area (Å²) in [7, 11) is -3.88. The number of nitrogens with one attached hydrogen (secondary N) is 1. The highest BCUT2D eigenvalue weighted by atomic mass is 32.2. The summed E-state index contributed by atoms with van der Waals surface area (Å²) in [4.78, 5) is 26.8. The largest absolute Gasteiger partial charge is 0.490 e. The fourth-order valence-corrected chi connectivity index (χ4v) is 4.47. The summed E-state index contributed by atoms with van der Waals surface area (Å²) in [6.45, 7) is 5.60. The number of carboxylic acids is 2. The van der Waals surface area contributed by atoms with E-state index in [1.54, 1.807) is 24.3 Å². The van der Waals surface area contributed by atoms with Gasteiger partial charge in [0.15, 0.2) is 5.82 Å². The molecule has 1 aromatic heterocycles. The van der Waals surface area contributed by atoms with Gasteiger partial charge in [-0.2, -0.15) is 13.2 Å². The first kappa shape index (κ1) is 28.9. The van der Waals surface area contributed by atoms with Crippen molar-refractivity contribution in [1.29, 1.82) is 0 Å². The maximum atomic E-state index is 13.0. The number of pyridine rings is 1. The van der Waals surface area contributed by atoms with Gasteiger partial charge >= 0.3 is 18.1 Å². The molecule has 0 bridgehead atoms. The van der Waals surface area contributed by atoms with Gasteiger partial charge in [-0.05, 0) is 42.5 Å². The van der Waals surface area contributed by atoms with Gasteiger partial charge in [0.25, 0.3) is 10.0 Å². The Labute approximate surface area is 207 Å². The molecule has 0 amide bonds. The van der Waals surface area contributed by atoms with Crippen LogP contribution in [-0.2, 0) is 14.8 Å². The van der Waals surface area contributed by atoms with Crippen LogP contribution >= 0.6 is 0 Å². The first-order chi connectivity index (χ1) is 16.7. The Bertz CT molecular complexity index is 1160. The summed E-state index contributed by atoms with van der Waals surface area (Å²) in [5.74, 6) is -3.14. The van der Waals surface area contributed by atoms with E-state index >= 15 is 0 Å². The molecule has 13 heteroatoms. The third-order valence-electron chi connectivity index (χ3n) is 5.36. The molecule has 0 atom stereocenters. The van der Waals surface area contributed by atoms with Crippen molar-refractivity contribution in [3.05, 3.63) is 47.7 Å². The Morgan fingerprint density at radius 1 is 1.03 bits per heavy atom. The average molecular weight is 532 g/mol. The van der Waals surface area contributed by atoms with Crippen LogP contribution in [0.1, 0.15) is 61.4 Å². The van der Waals surface area contributed by atoms with Crippen LogP contribution in [0.15, 0.2) is 41.4 Å². The van der Waals surface area contributed by atoms with Crippen molar-refractivity contribution in [2.45, 2.75) is 56.5 Å². The highest BCUT2D eigenvalue weighted by Crippen LogP contribution is 2.29. The second kappa shape index (κ2) is 12.1. The molecule has 2 heterocycles. The van der Waals surface area contributed by atoms with Crippen molar-refractivity contribution < 1.29 is 41.4 Å². The lowest BCUT2D eigenvalue weighted by Gasteiger charge is -2.24. The average Bonchev–Trinajstić information content (AvgIpc) is 3.08. The molecule has 36 heavy (non-hydrogen) atoms. The summed E-state index contributed by atoms with van der Waals surface area (Å²) in [5.41, 5.74) is 1.18. The summed E-state index contributed by atoms with van der Waals surface area (Å²) < 4.78 is 60.2. The zero-order valence-electron chi connectivity index (χ0n) is 19.7. The van der Waals surface area contributed by atoms with E-state index in [1.165, 1.54) is 12.3 Å². The van der Waals surface area contributed by atoms with Crippen LogP contribution in [0, 0.1) is 0 Å². The third kappa shape index (κ3) is 8.11. The molecule has 0 aliphatic carbocycles. The molecule has 0 spiro atoms. The third-order valence-corrected chi connectivity index (χ3v) is 6.74. The minimum atomic E-state index is -5.08. The van der Waals surface area contributed by atoms with Crippen LogP contribution in [0.2, 0.25) is 0 Å². The van der Waals surface area contributed by atoms with Gasteiger partial charge in [-0.25, -0.2) is 23.0 Å². The number of nitrogens with zero attached hydrogens (tertiary/aromatic N) is 2. The second-order valence-corrected chi connectivity index (χ2v) is 10.1. The lowest BCUT2D eigenvalue weighted by atomic mass is 10.0. The number of halogens is 3. The molecule has 1 aliphatic rings. The molecule has 3 N–H and O–H groups in total. The summed E-state index contributed by atoms with van der Waals surface area (Å²) in [5, 5.41) is 16.4. The van der Waals surface area contributed by atoms with E-state index in [9.17, 15) is 31.5 Å². The number of aliphatic carboxylic acids is 1. The molecule has 1 aliphatic heterocycles. The molecule has 9 nitrogen and oxygen atoms in total. The number of aromatic carboxylic acids is 1. The molecule has 0 saturated carbocycles. The van der Waals surface area contributed by atoms with Crippen molar-refractivity contribution in [3.8, 4) is 0 Å². The highest BCUT2D eigenvalue weighted by Gasteiger charge is 2.38. The van der Waals surface area contributed by atoms with E-state index < -0.39 is 28.1 Å². The highest BCUT2D eigenvalue weighted by molar-refractivity contribution is 7.92. The van der Waals surface area contributed by atoms with E-state index in [0.29, 0.717) is 11.7 Å². The number of carboxylic acid groups (broad SMARTS) is 2. The summed E-state index contributed by atoms with van der Waals surface area (Å²) in [6, 6.07) is 8.06. The number of carbonyl (C=O) groups is 2. The van der Waals surface area contributed by atoms with Gasteiger partial charge in [0, 0.05) is 19.3 Å². The fraction of sp³-hybridized carbons (Fsp3) is 0.435. The predicted molar refractivity (Wildman–Crippen MR) is 127 cm³/mol. The van der Waals surface area contributed by atoms with Gasteiger partial charge in [0.2, 0.25) is 0 Å². The van der Waals surface area contributed by atoms with Crippen LogP contribution < -0.4 is 9.62 Å². The number of hydrogen-bond acceptors (Lipinski definition) is 6. The zero-order chi connectivity index (χ0) is 27.1. The maximum Gasteiger partial charge on any atom is 0.490 e. The molecule has 1 saturated heterocycles. The quantitative estimate of drug-likeness (QED) is 0.487. The van der Waals surface area contributed by atoms with Crippen LogP contribution in [0.25, 0.3) is 0 Å². The lowest BCUT2D eigenvalue weighted by Crippen LogP contribution is -2.27. The van der Waals surface area contributed by atoms with Crippen molar-refractivity contribution in [3.63, 3.8) is 0 Å². The standard InChI is InChI=1S/C21H27N3O4S.C2HF3O2/c1-15(2)16-7-9-18(10-8-16)29(27,28)23-19-13-17(21(25)26)14-22-20(19)24-11-5-3-4-6-12-24;3-2(4,5)1(6)7/h7-10,13-15,23H,3-6,11-12H2,1-2H3,(H,25,26);(H,6,7). The Morgan fingerprint density at radius 3 is 2.00 bits per heavy atom. The molecular formula is C23H28F3N3O6S. The molecule has 3 rings (SSSR count). The van der Waals surface area contributed by atoms with Gasteiger partial charge in [-0.1, -0.05) is 38.8 Å². The Balaban J connectivity index is 0.000000572. The van der Waals surface area contributed by atoms with E-state index in [-0.39, 0.29) is 16.1 Å². The van der Waals surface area contributed by atoms with Gasteiger partial charge in [0.05, 0.1) is 16.1 Å². The minimum absolute atomic E-state index is 0.0589. The van der Waals surface area contributed by atoms with E-state index in [2.05, 4.69) is 9.71 Å². The maximum absolute atomic E-state index is 13.0. The number of sulfonamides is 1. The molecule has 1 fully saturated rings. The van der Waals surface area contributed by atoms with Crippen molar-refractivity contribution >= 4 is 33.5 Å². The summed E-state index contributed by atoms with van der Waals surface area (Å²) >= 11 is 0. The number of anilines is 2. The van der Waals surface area contributed by atoms with E-state index in [1.807, 2.05) is 18.7 Å². The zero-order valence-corrected chi connectivity index (χ0v) is 20.6. The minimum Gasteiger partial charge on any atom is -0.478 e. The number of rotatable bonds is 6. The van der Waals surface area contributed by atoms with Crippen molar-refractivity contribution in [2.75, 3.05) is 22.7 Å². The van der Waals surface area contributed by atoms with Crippen LogP contribution in [0.5, 0.6) is 0 Å². The van der Waals surface area contributed by atoms with Crippen molar-refractivity contribution in [2.24, 2.45) is 0 Å². The molecule has 1 aromatic carbocycles. The molecule has 2 aromatic rings. The number of aromatic nitrogens is 1. The van der Waals surface area contributed by atoms with Gasteiger partial charge in [-0.3, -0.25) is 4.72 Å². The second-order valence-electron chi connectivity index (χ2n) is 8.43. The number of benzene rings is 1. The predicted octanol–water partition coefficient (Wildman–Crippen LogP) is 4.72. The SMILES string of the molecule is CC(C)c1ccc(S(=O)(=O)Nc2cc(C(=O)O)cnc2N2CCCCCC2)cc1.O=C(O)C(F)(F)F. The smallest absolute Gasteiger partial charge is 0.478 e. The Kier molecular flexibility index (Phi) is 9.68. The summed E-state index contributed by atoms with van der Waals surface area (Å²) in [6.07, 6.45) is 0.411. The lowest BCUT2D eigenvalue weighted by molar-refractivity contribution is -0.192. The Morgan fingerprint density at radius 2 is 1.56 bits per heavy atom. The first-order valence-electron chi connectivity index (χ1n) is 11.1. The van der Waals surface area contributed by atoms with Gasteiger partial charge in [0.1, 0.15) is 0 Å². The first-order valence-corrected chi connectivity index (χ1v) is 12.6. The fourth-order valence-electron chi connectivity index (χ4n) is 3.42. The topological polar surface area (TPSA) is 137 Å². The van der Waals surface area contributed by atoms with Gasteiger partial charge in [-0.15, -0.1) is 0 Å². The van der Waals surface area contributed by atoms with Crippen LogP contribution in [0.3, 0.4) is 0 Å².